The summed E-state index contributed by atoms with van der Waals surface area (Å²) in [6.07, 6.45) is 6.66. The predicted octanol–water partition coefficient (Wildman–Crippen LogP) is 2.87. The lowest BCUT2D eigenvalue weighted by molar-refractivity contribution is 0.0688. The van der Waals surface area contributed by atoms with Gasteiger partial charge in [-0.1, -0.05) is 20.8 Å². The van der Waals surface area contributed by atoms with Gasteiger partial charge in [-0.2, -0.15) is 0 Å². The van der Waals surface area contributed by atoms with Gasteiger partial charge < -0.3 is 5.73 Å². The summed E-state index contributed by atoms with van der Waals surface area (Å²) >= 11 is 0. The Bertz CT molecular complexity index is 231. The fraction of sp³-hybridized carbons (Fsp3) is 1.00. The van der Waals surface area contributed by atoms with Crippen molar-refractivity contribution in [3.8, 4) is 0 Å². The summed E-state index contributed by atoms with van der Waals surface area (Å²) in [5.74, 6) is 2.65. The number of piperidine rings is 1. The summed E-state index contributed by atoms with van der Waals surface area (Å²) in [6.45, 7) is 9.69. The van der Waals surface area contributed by atoms with E-state index >= 15 is 0 Å². The van der Waals surface area contributed by atoms with E-state index in [1.165, 1.54) is 45.2 Å². The van der Waals surface area contributed by atoms with Crippen LogP contribution in [0.1, 0.15) is 52.9 Å². The monoisotopic (exact) mass is 238 g/mol. The molecule has 2 N–H and O–H groups in total. The SMILES string of the molecule is CC1CCN(C2CC(C(C)C)CCC2N)CC1. The number of hydrogen-bond donors (Lipinski definition) is 1. The summed E-state index contributed by atoms with van der Waals surface area (Å²) in [5.41, 5.74) is 6.37. The molecule has 0 radical (unpaired) electrons. The van der Waals surface area contributed by atoms with Crippen LogP contribution in [0.15, 0.2) is 0 Å². The van der Waals surface area contributed by atoms with E-state index in [0.29, 0.717) is 12.1 Å². The second-order valence-electron chi connectivity index (χ2n) is 6.77. The number of nitrogens with zero attached hydrogens (tertiary/aromatic N) is 1. The molecule has 2 fully saturated rings. The molecule has 2 heteroatoms. The first kappa shape index (κ1) is 13.4. The molecular weight excluding hydrogens is 208 g/mol. The maximum atomic E-state index is 6.37. The van der Waals surface area contributed by atoms with Crippen molar-refractivity contribution in [2.45, 2.75) is 65.0 Å². The van der Waals surface area contributed by atoms with Crippen LogP contribution in [-0.2, 0) is 0 Å². The maximum absolute atomic E-state index is 6.37. The summed E-state index contributed by atoms with van der Waals surface area (Å²) in [4.78, 5) is 2.69. The normalized spacial score (nSPS) is 37.6. The molecule has 1 heterocycles. The van der Waals surface area contributed by atoms with E-state index < -0.39 is 0 Å². The molecule has 1 aliphatic carbocycles. The van der Waals surface area contributed by atoms with Gasteiger partial charge in [-0.3, -0.25) is 4.90 Å². The number of likely N-dealkylation sites (tertiary alicyclic amines) is 1. The van der Waals surface area contributed by atoms with Crippen LogP contribution >= 0.6 is 0 Å². The minimum Gasteiger partial charge on any atom is -0.326 e. The Morgan fingerprint density at radius 1 is 1.06 bits per heavy atom. The van der Waals surface area contributed by atoms with Gasteiger partial charge in [0.25, 0.3) is 0 Å². The van der Waals surface area contributed by atoms with Crippen LogP contribution in [0, 0.1) is 17.8 Å². The lowest BCUT2D eigenvalue weighted by Crippen LogP contribution is -2.53. The second-order valence-corrected chi connectivity index (χ2v) is 6.77. The van der Waals surface area contributed by atoms with Crippen LogP contribution in [0.3, 0.4) is 0 Å². The van der Waals surface area contributed by atoms with Gasteiger partial charge in [0.15, 0.2) is 0 Å². The van der Waals surface area contributed by atoms with Crippen LogP contribution in [0.5, 0.6) is 0 Å². The highest BCUT2D eigenvalue weighted by Gasteiger charge is 2.34. The molecule has 0 bridgehead atoms. The van der Waals surface area contributed by atoms with E-state index in [-0.39, 0.29) is 0 Å². The molecule has 1 aliphatic heterocycles. The van der Waals surface area contributed by atoms with Gasteiger partial charge in [0.1, 0.15) is 0 Å². The molecule has 3 unspecified atom stereocenters. The molecule has 0 aromatic carbocycles. The zero-order chi connectivity index (χ0) is 12.4. The molecule has 0 aromatic rings. The van der Waals surface area contributed by atoms with Gasteiger partial charge in [0.2, 0.25) is 0 Å². The third kappa shape index (κ3) is 3.23. The molecule has 0 aromatic heterocycles. The highest BCUT2D eigenvalue weighted by Crippen LogP contribution is 2.33. The van der Waals surface area contributed by atoms with E-state index in [2.05, 4.69) is 25.7 Å². The van der Waals surface area contributed by atoms with Crippen LogP contribution in [0.25, 0.3) is 0 Å². The van der Waals surface area contributed by atoms with Crippen LogP contribution in [-0.4, -0.2) is 30.1 Å². The fourth-order valence-corrected chi connectivity index (χ4v) is 3.59. The third-order valence-electron chi connectivity index (χ3n) is 5.14. The molecular formula is C15H30N2. The van der Waals surface area contributed by atoms with Crippen molar-refractivity contribution in [2.75, 3.05) is 13.1 Å². The molecule has 100 valence electrons. The fourth-order valence-electron chi connectivity index (χ4n) is 3.59. The van der Waals surface area contributed by atoms with E-state index in [1.807, 2.05) is 0 Å². The molecule has 2 nitrogen and oxygen atoms in total. The number of hydrogen-bond acceptors (Lipinski definition) is 2. The van der Waals surface area contributed by atoms with Crippen molar-refractivity contribution in [3.63, 3.8) is 0 Å². The molecule has 0 spiro atoms. The molecule has 1 saturated heterocycles. The molecule has 2 aliphatic rings. The minimum atomic E-state index is 0.429. The van der Waals surface area contributed by atoms with E-state index in [1.54, 1.807) is 0 Å². The third-order valence-corrected chi connectivity index (χ3v) is 5.14. The molecule has 3 atom stereocenters. The van der Waals surface area contributed by atoms with Crippen molar-refractivity contribution >= 4 is 0 Å². The first-order chi connectivity index (χ1) is 8.08. The summed E-state index contributed by atoms with van der Waals surface area (Å²) in [7, 11) is 0. The van der Waals surface area contributed by atoms with Crippen molar-refractivity contribution in [1.29, 1.82) is 0 Å². The van der Waals surface area contributed by atoms with Crippen LogP contribution in [0.2, 0.25) is 0 Å². The zero-order valence-electron chi connectivity index (χ0n) is 11.9. The van der Waals surface area contributed by atoms with Crippen molar-refractivity contribution in [2.24, 2.45) is 23.5 Å². The van der Waals surface area contributed by atoms with Crippen LogP contribution < -0.4 is 5.73 Å². The second kappa shape index (κ2) is 5.71. The Morgan fingerprint density at radius 3 is 2.29 bits per heavy atom. The number of nitrogens with two attached hydrogens (primary N) is 1. The van der Waals surface area contributed by atoms with E-state index in [0.717, 1.165) is 17.8 Å². The summed E-state index contributed by atoms with van der Waals surface area (Å²) < 4.78 is 0. The predicted molar refractivity (Wildman–Crippen MR) is 73.9 cm³/mol. The van der Waals surface area contributed by atoms with Crippen molar-refractivity contribution in [3.05, 3.63) is 0 Å². The molecule has 2 rings (SSSR count). The van der Waals surface area contributed by atoms with Crippen molar-refractivity contribution in [1.82, 2.24) is 4.90 Å². The van der Waals surface area contributed by atoms with Gasteiger partial charge in [-0.05, 0) is 62.9 Å². The topological polar surface area (TPSA) is 29.3 Å². The first-order valence-electron chi connectivity index (χ1n) is 7.57. The molecule has 1 saturated carbocycles. The Morgan fingerprint density at radius 2 is 1.71 bits per heavy atom. The average Bonchev–Trinajstić information content (AvgIpc) is 2.31. The van der Waals surface area contributed by atoms with Gasteiger partial charge in [0.05, 0.1) is 0 Å². The Balaban J connectivity index is 1.93. The van der Waals surface area contributed by atoms with Gasteiger partial charge >= 0.3 is 0 Å². The quantitative estimate of drug-likeness (QED) is 0.801. The largest absolute Gasteiger partial charge is 0.326 e. The summed E-state index contributed by atoms with van der Waals surface area (Å²) in [5, 5.41) is 0. The Hall–Kier alpha value is -0.0800. The first-order valence-corrected chi connectivity index (χ1v) is 7.57. The van der Waals surface area contributed by atoms with Gasteiger partial charge in [-0.15, -0.1) is 0 Å². The Labute approximate surface area is 107 Å². The zero-order valence-corrected chi connectivity index (χ0v) is 11.9. The highest BCUT2D eigenvalue weighted by molar-refractivity contribution is 4.91. The standard InChI is InChI=1S/C15H30N2/c1-11(2)13-4-5-14(16)15(10-13)17-8-6-12(3)7-9-17/h11-15H,4-10,16H2,1-3H3. The van der Waals surface area contributed by atoms with Crippen molar-refractivity contribution < 1.29 is 0 Å². The van der Waals surface area contributed by atoms with Gasteiger partial charge in [-0.25, -0.2) is 0 Å². The summed E-state index contributed by atoms with van der Waals surface area (Å²) in [6, 6.07) is 1.10. The average molecular weight is 238 g/mol. The molecule has 0 amide bonds. The van der Waals surface area contributed by atoms with E-state index in [9.17, 15) is 0 Å². The highest BCUT2D eigenvalue weighted by atomic mass is 15.2. The Kier molecular flexibility index (Phi) is 4.48. The minimum absolute atomic E-state index is 0.429. The maximum Gasteiger partial charge on any atom is 0.0249 e. The smallest absolute Gasteiger partial charge is 0.0249 e. The van der Waals surface area contributed by atoms with Gasteiger partial charge in [0, 0.05) is 12.1 Å². The lowest BCUT2D eigenvalue weighted by Gasteiger charge is -2.44. The van der Waals surface area contributed by atoms with E-state index in [4.69, 9.17) is 5.73 Å². The lowest BCUT2D eigenvalue weighted by atomic mass is 9.76. The molecule has 17 heavy (non-hydrogen) atoms. The number of rotatable bonds is 2. The van der Waals surface area contributed by atoms with Crippen LogP contribution in [0.4, 0.5) is 0 Å².